The van der Waals surface area contributed by atoms with Gasteiger partial charge in [0.2, 0.25) is 0 Å². The van der Waals surface area contributed by atoms with Crippen LogP contribution < -0.4 is 5.32 Å². The molecule has 0 amide bonds. The van der Waals surface area contributed by atoms with Gasteiger partial charge in [-0.05, 0) is 31.9 Å². The average molecular weight is 211 g/mol. The maximum atomic E-state index is 5.03. The van der Waals surface area contributed by atoms with Crippen molar-refractivity contribution in [3.05, 3.63) is 18.0 Å². The fourth-order valence-electron chi connectivity index (χ4n) is 1.46. The summed E-state index contributed by atoms with van der Waals surface area (Å²) in [5.41, 5.74) is 1.28. The number of aryl methyl sites for hydroxylation is 1. The monoisotopic (exact) mass is 211 g/mol. The maximum absolute atomic E-state index is 5.03. The van der Waals surface area contributed by atoms with Crippen LogP contribution in [0.2, 0.25) is 0 Å². The van der Waals surface area contributed by atoms with Crippen LogP contribution in [0.3, 0.4) is 0 Å². The van der Waals surface area contributed by atoms with Gasteiger partial charge in [-0.25, -0.2) is 0 Å². The smallest absolute Gasteiger partial charge is 0.0522 e. The molecule has 0 saturated carbocycles. The molecule has 1 heterocycles. The lowest BCUT2D eigenvalue weighted by molar-refractivity contribution is 0.185. The van der Waals surface area contributed by atoms with Crippen LogP contribution in [0.5, 0.6) is 0 Å². The van der Waals surface area contributed by atoms with Gasteiger partial charge in [-0.2, -0.15) is 5.10 Å². The van der Waals surface area contributed by atoms with E-state index in [-0.39, 0.29) is 0 Å². The third-order valence-electron chi connectivity index (χ3n) is 2.42. The van der Waals surface area contributed by atoms with Crippen molar-refractivity contribution >= 4 is 0 Å². The van der Waals surface area contributed by atoms with Gasteiger partial charge < -0.3 is 10.1 Å². The van der Waals surface area contributed by atoms with E-state index >= 15 is 0 Å². The Morgan fingerprint density at radius 1 is 1.60 bits per heavy atom. The highest BCUT2D eigenvalue weighted by Gasteiger charge is 2.01. The lowest BCUT2D eigenvalue weighted by Crippen LogP contribution is -2.29. The second-order valence-electron chi connectivity index (χ2n) is 3.91. The first-order valence-corrected chi connectivity index (χ1v) is 5.42. The summed E-state index contributed by atoms with van der Waals surface area (Å²) >= 11 is 0. The Kier molecular flexibility index (Phi) is 5.36. The zero-order valence-corrected chi connectivity index (χ0v) is 9.86. The van der Waals surface area contributed by atoms with Crippen molar-refractivity contribution in [2.24, 2.45) is 7.05 Å². The van der Waals surface area contributed by atoms with Crippen molar-refractivity contribution in [1.29, 1.82) is 0 Å². The van der Waals surface area contributed by atoms with Gasteiger partial charge in [-0.3, -0.25) is 4.68 Å². The molecule has 1 unspecified atom stereocenters. The minimum Gasteiger partial charge on any atom is -0.385 e. The van der Waals surface area contributed by atoms with Crippen molar-refractivity contribution in [2.45, 2.75) is 25.8 Å². The number of aromatic nitrogens is 2. The van der Waals surface area contributed by atoms with Crippen LogP contribution in [0.25, 0.3) is 0 Å². The van der Waals surface area contributed by atoms with E-state index < -0.39 is 0 Å². The van der Waals surface area contributed by atoms with Gasteiger partial charge in [0.1, 0.15) is 0 Å². The van der Waals surface area contributed by atoms with E-state index in [2.05, 4.69) is 23.5 Å². The molecule has 1 rings (SSSR count). The lowest BCUT2D eigenvalue weighted by atomic mass is 10.2. The predicted molar refractivity (Wildman–Crippen MR) is 60.9 cm³/mol. The van der Waals surface area contributed by atoms with E-state index in [9.17, 15) is 0 Å². The van der Waals surface area contributed by atoms with Crippen molar-refractivity contribution in [3.8, 4) is 0 Å². The minimum atomic E-state index is 0.515. The second-order valence-corrected chi connectivity index (χ2v) is 3.91. The molecular formula is C11H21N3O. The molecule has 0 bridgehead atoms. The van der Waals surface area contributed by atoms with Gasteiger partial charge in [0.25, 0.3) is 0 Å². The highest BCUT2D eigenvalue weighted by molar-refractivity contribution is 5.03. The number of rotatable bonds is 7. The second kappa shape index (κ2) is 6.58. The average Bonchev–Trinajstić information content (AvgIpc) is 2.61. The van der Waals surface area contributed by atoms with Gasteiger partial charge in [0.05, 0.1) is 6.20 Å². The first-order valence-electron chi connectivity index (χ1n) is 5.42. The molecule has 1 atom stereocenters. The molecule has 4 nitrogen and oxygen atoms in total. The molecule has 1 aromatic rings. The quantitative estimate of drug-likeness (QED) is 0.730. The highest BCUT2D eigenvalue weighted by Crippen LogP contribution is 1.97. The van der Waals surface area contributed by atoms with Crippen LogP contribution in [0.1, 0.15) is 18.9 Å². The largest absolute Gasteiger partial charge is 0.385 e. The molecule has 0 aliphatic carbocycles. The summed E-state index contributed by atoms with van der Waals surface area (Å²) in [5.74, 6) is 0. The van der Waals surface area contributed by atoms with E-state index in [4.69, 9.17) is 4.74 Å². The molecule has 86 valence electrons. The Morgan fingerprint density at radius 2 is 2.40 bits per heavy atom. The standard InChI is InChI=1S/C11H21N3O/c1-10(5-7-15-3)12-6-4-11-8-13-14(2)9-11/h8-10,12H,4-7H2,1-3H3. The summed E-state index contributed by atoms with van der Waals surface area (Å²) in [4.78, 5) is 0. The molecule has 0 spiro atoms. The first kappa shape index (κ1) is 12.2. The maximum Gasteiger partial charge on any atom is 0.0522 e. The van der Waals surface area contributed by atoms with Crippen LogP contribution in [-0.2, 0) is 18.2 Å². The van der Waals surface area contributed by atoms with Crippen molar-refractivity contribution < 1.29 is 4.74 Å². The summed E-state index contributed by atoms with van der Waals surface area (Å²) in [6.45, 7) is 4.00. The molecule has 0 radical (unpaired) electrons. The predicted octanol–water partition coefficient (Wildman–Crippen LogP) is 0.977. The number of nitrogens with zero attached hydrogens (tertiary/aromatic N) is 2. The summed E-state index contributed by atoms with van der Waals surface area (Å²) in [7, 11) is 3.68. The summed E-state index contributed by atoms with van der Waals surface area (Å²) in [6, 6.07) is 0.515. The molecule has 15 heavy (non-hydrogen) atoms. The molecule has 0 aliphatic rings. The lowest BCUT2D eigenvalue weighted by Gasteiger charge is -2.12. The topological polar surface area (TPSA) is 39.1 Å². The molecule has 0 fully saturated rings. The van der Waals surface area contributed by atoms with Crippen molar-refractivity contribution in [1.82, 2.24) is 15.1 Å². The minimum absolute atomic E-state index is 0.515. The van der Waals surface area contributed by atoms with Gasteiger partial charge in [0, 0.05) is 33.0 Å². The normalized spacial score (nSPS) is 13.0. The van der Waals surface area contributed by atoms with Crippen LogP contribution in [-0.4, -0.2) is 36.1 Å². The Bertz CT molecular complexity index is 273. The molecule has 0 saturated heterocycles. The Balaban J connectivity index is 2.10. The molecule has 0 aromatic carbocycles. The van der Waals surface area contributed by atoms with E-state index in [1.807, 2.05) is 17.9 Å². The van der Waals surface area contributed by atoms with E-state index in [1.165, 1.54) is 5.56 Å². The molecule has 4 heteroatoms. The van der Waals surface area contributed by atoms with Crippen LogP contribution in [0.4, 0.5) is 0 Å². The number of methoxy groups -OCH3 is 1. The van der Waals surface area contributed by atoms with Crippen LogP contribution in [0, 0.1) is 0 Å². The fourth-order valence-corrected chi connectivity index (χ4v) is 1.46. The molecule has 1 aromatic heterocycles. The summed E-state index contributed by atoms with van der Waals surface area (Å²) in [5, 5.41) is 7.59. The van der Waals surface area contributed by atoms with Crippen molar-refractivity contribution in [2.75, 3.05) is 20.3 Å². The van der Waals surface area contributed by atoms with Gasteiger partial charge in [-0.1, -0.05) is 0 Å². The number of hydrogen-bond acceptors (Lipinski definition) is 3. The number of hydrogen-bond donors (Lipinski definition) is 1. The first-order chi connectivity index (χ1) is 7.22. The molecular weight excluding hydrogens is 190 g/mol. The third-order valence-corrected chi connectivity index (χ3v) is 2.42. The summed E-state index contributed by atoms with van der Waals surface area (Å²) in [6.07, 6.45) is 6.07. The SMILES string of the molecule is COCCC(C)NCCc1cnn(C)c1. The number of nitrogens with one attached hydrogen (secondary N) is 1. The Labute approximate surface area is 91.6 Å². The Morgan fingerprint density at radius 3 is 3.00 bits per heavy atom. The summed E-state index contributed by atoms with van der Waals surface area (Å²) < 4.78 is 6.86. The zero-order chi connectivity index (χ0) is 11.1. The van der Waals surface area contributed by atoms with Gasteiger partial charge >= 0.3 is 0 Å². The Hall–Kier alpha value is -0.870. The fraction of sp³-hybridized carbons (Fsp3) is 0.727. The van der Waals surface area contributed by atoms with E-state index in [0.717, 1.165) is 26.0 Å². The highest BCUT2D eigenvalue weighted by atomic mass is 16.5. The zero-order valence-electron chi connectivity index (χ0n) is 9.86. The third kappa shape index (κ3) is 4.95. The van der Waals surface area contributed by atoms with E-state index in [0.29, 0.717) is 6.04 Å². The molecule has 1 N–H and O–H groups in total. The number of ether oxygens (including phenoxy) is 1. The van der Waals surface area contributed by atoms with E-state index in [1.54, 1.807) is 7.11 Å². The molecule has 0 aliphatic heterocycles. The van der Waals surface area contributed by atoms with Crippen LogP contribution in [0.15, 0.2) is 12.4 Å². The van der Waals surface area contributed by atoms with Gasteiger partial charge in [-0.15, -0.1) is 0 Å². The van der Waals surface area contributed by atoms with Crippen molar-refractivity contribution in [3.63, 3.8) is 0 Å². The van der Waals surface area contributed by atoms with Crippen LogP contribution >= 0.6 is 0 Å². The van der Waals surface area contributed by atoms with Gasteiger partial charge in [0.15, 0.2) is 0 Å².